The maximum Gasteiger partial charge on any atom is 0.318 e. The summed E-state index contributed by atoms with van der Waals surface area (Å²) in [6, 6.07) is 4.69. The second kappa shape index (κ2) is 5.08. The van der Waals surface area contributed by atoms with E-state index >= 15 is 4.39 Å². The highest BCUT2D eigenvalue weighted by atomic mass is 19.1. The summed E-state index contributed by atoms with van der Waals surface area (Å²) in [6.07, 6.45) is 2.68. The van der Waals surface area contributed by atoms with E-state index in [9.17, 15) is 4.39 Å². The minimum Gasteiger partial charge on any atom is -0.245 e. The first-order valence-corrected chi connectivity index (χ1v) is 8.18. The zero-order valence-electron chi connectivity index (χ0n) is 14.4. The monoisotopic (exact) mass is 317 g/mol. The Balaban J connectivity index is 2.50. The van der Waals surface area contributed by atoms with Crippen LogP contribution in [0, 0.1) is 19.7 Å². The normalized spacial score (nSPS) is 25.9. The summed E-state index contributed by atoms with van der Waals surface area (Å²) in [5.41, 5.74) is 3.12. The molecular weight excluding hydrogens is 294 g/mol. The molecule has 2 heterocycles. The molecule has 0 N–H and O–H groups in total. The Bertz CT molecular complexity index is 787. The SMILES string of the molecule is CCC1(C)c2cc(F)ccc2-c2c(C)nc(C)c[n+]2[C@]1(F)CC. The van der Waals surface area contributed by atoms with E-state index < -0.39 is 11.2 Å². The van der Waals surface area contributed by atoms with Crippen LogP contribution in [-0.2, 0) is 11.2 Å². The third-order valence-corrected chi connectivity index (χ3v) is 5.48. The molecule has 4 heteroatoms. The first-order chi connectivity index (χ1) is 10.8. The largest absolute Gasteiger partial charge is 0.318 e. The fourth-order valence-corrected chi connectivity index (χ4v) is 4.05. The standard InChI is InChI=1S/C19H23F2N2/c1-6-18(5)16-10-14(20)8-9-15(16)17-13(4)22-12(3)11-23(17)19(18,21)7-2/h8-11H,6-7H2,1-5H3/q+1/t18?,19-/m1/s1. The van der Waals surface area contributed by atoms with Crippen molar-refractivity contribution in [1.82, 2.24) is 4.98 Å². The van der Waals surface area contributed by atoms with Crippen molar-refractivity contribution < 1.29 is 13.3 Å². The molecular formula is C19H23F2N2+. The number of aryl methyl sites for hydroxylation is 2. The molecule has 122 valence electrons. The number of alkyl halides is 1. The molecule has 1 aromatic carbocycles. The molecule has 23 heavy (non-hydrogen) atoms. The van der Waals surface area contributed by atoms with Crippen LogP contribution in [0.1, 0.15) is 50.6 Å². The van der Waals surface area contributed by atoms with Crippen molar-refractivity contribution in [3.63, 3.8) is 0 Å². The number of benzene rings is 1. The van der Waals surface area contributed by atoms with Gasteiger partial charge in [-0.1, -0.05) is 13.8 Å². The summed E-state index contributed by atoms with van der Waals surface area (Å²) in [7, 11) is 0. The lowest BCUT2D eigenvalue weighted by Gasteiger charge is -2.42. The fourth-order valence-electron chi connectivity index (χ4n) is 4.05. The lowest BCUT2D eigenvalue weighted by Crippen LogP contribution is -2.67. The summed E-state index contributed by atoms with van der Waals surface area (Å²) >= 11 is 0. The van der Waals surface area contributed by atoms with Crippen LogP contribution in [0.15, 0.2) is 24.4 Å². The number of halogens is 2. The molecule has 1 aromatic heterocycles. The Morgan fingerprint density at radius 2 is 1.87 bits per heavy atom. The van der Waals surface area contributed by atoms with Crippen molar-refractivity contribution in [2.75, 3.05) is 0 Å². The molecule has 2 aromatic rings. The quantitative estimate of drug-likeness (QED) is 0.745. The Morgan fingerprint density at radius 1 is 1.17 bits per heavy atom. The van der Waals surface area contributed by atoms with Gasteiger partial charge in [0.15, 0.2) is 6.20 Å². The van der Waals surface area contributed by atoms with Gasteiger partial charge in [0.2, 0.25) is 5.69 Å². The number of nitrogens with zero attached hydrogens (tertiary/aromatic N) is 2. The number of fused-ring (bicyclic) bond motifs is 3. The van der Waals surface area contributed by atoms with Crippen LogP contribution in [0.25, 0.3) is 11.3 Å². The lowest BCUT2D eigenvalue weighted by molar-refractivity contribution is -0.799. The van der Waals surface area contributed by atoms with Gasteiger partial charge >= 0.3 is 5.79 Å². The molecule has 0 radical (unpaired) electrons. The molecule has 0 fully saturated rings. The lowest BCUT2D eigenvalue weighted by atomic mass is 9.66. The number of hydrogen-bond donors (Lipinski definition) is 0. The molecule has 2 nitrogen and oxygen atoms in total. The minimum absolute atomic E-state index is 0.313. The summed E-state index contributed by atoms with van der Waals surface area (Å²) in [5, 5.41) is 0. The van der Waals surface area contributed by atoms with Crippen molar-refractivity contribution in [3.8, 4) is 11.3 Å². The topological polar surface area (TPSA) is 16.8 Å². The Kier molecular flexibility index (Phi) is 3.54. The van der Waals surface area contributed by atoms with E-state index in [0.29, 0.717) is 12.8 Å². The first kappa shape index (κ1) is 16.0. The van der Waals surface area contributed by atoms with Gasteiger partial charge in [-0.05, 0) is 51.0 Å². The van der Waals surface area contributed by atoms with E-state index in [1.165, 1.54) is 12.1 Å². The van der Waals surface area contributed by atoms with Crippen LogP contribution in [0.5, 0.6) is 0 Å². The fraction of sp³-hybridized carbons (Fsp3) is 0.474. The smallest absolute Gasteiger partial charge is 0.245 e. The van der Waals surface area contributed by atoms with E-state index in [-0.39, 0.29) is 5.82 Å². The van der Waals surface area contributed by atoms with Gasteiger partial charge in [-0.25, -0.2) is 9.37 Å². The van der Waals surface area contributed by atoms with E-state index in [0.717, 1.165) is 28.2 Å². The molecule has 0 bridgehead atoms. The number of rotatable bonds is 2. The summed E-state index contributed by atoms with van der Waals surface area (Å²) < 4.78 is 32.0. The molecule has 0 amide bonds. The zero-order valence-corrected chi connectivity index (χ0v) is 14.4. The van der Waals surface area contributed by atoms with Crippen LogP contribution < -0.4 is 4.57 Å². The first-order valence-electron chi connectivity index (χ1n) is 8.18. The van der Waals surface area contributed by atoms with E-state index in [4.69, 9.17) is 0 Å². The molecule has 3 rings (SSSR count). The van der Waals surface area contributed by atoms with Gasteiger partial charge in [-0.15, -0.1) is 0 Å². The van der Waals surface area contributed by atoms with Crippen LogP contribution in [-0.4, -0.2) is 4.98 Å². The van der Waals surface area contributed by atoms with Gasteiger partial charge in [-0.3, -0.25) is 0 Å². The Morgan fingerprint density at radius 3 is 2.48 bits per heavy atom. The summed E-state index contributed by atoms with van der Waals surface area (Å²) in [5.74, 6) is -1.94. The molecule has 0 saturated heterocycles. The van der Waals surface area contributed by atoms with Gasteiger partial charge in [0.05, 0.1) is 11.0 Å². The van der Waals surface area contributed by atoms with Crippen molar-refractivity contribution in [3.05, 3.63) is 47.2 Å². The predicted octanol–water partition coefficient (Wildman–Crippen LogP) is 4.51. The Hall–Kier alpha value is -1.84. The average molecular weight is 317 g/mol. The van der Waals surface area contributed by atoms with E-state index in [1.807, 2.05) is 34.6 Å². The second-order valence-corrected chi connectivity index (χ2v) is 6.67. The van der Waals surface area contributed by atoms with Gasteiger partial charge < -0.3 is 0 Å². The van der Waals surface area contributed by atoms with Gasteiger partial charge in [0, 0.05) is 6.42 Å². The van der Waals surface area contributed by atoms with Crippen molar-refractivity contribution in [2.24, 2.45) is 0 Å². The minimum atomic E-state index is -1.61. The van der Waals surface area contributed by atoms with Crippen LogP contribution in [0.3, 0.4) is 0 Å². The molecule has 0 spiro atoms. The van der Waals surface area contributed by atoms with Crippen LogP contribution in [0.2, 0.25) is 0 Å². The average Bonchev–Trinajstić information content (AvgIpc) is 2.52. The van der Waals surface area contributed by atoms with Crippen molar-refractivity contribution in [1.29, 1.82) is 0 Å². The number of aromatic nitrogens is 2. The van der Waals surface area contributed by atoms with E-state index in [1.54, 1.807) is 16.8 Å². The third-order valence-electron chi connectivity index (χ3n) is 5.48. The Labute approximate surface area is 136 Å². The molecule has 1 aliphatic heterocycles. The van der Waals surface area contributed by atoms with Gasteiger partial charge in [0.1, 0.15) is 17.2 Å². The number of hydrogen-bond acceptors (Lipinski definition) is 1. The molecule has 1 aliphatic rings. The van der Waals surface area contributed by atoms with E-state index in [2.05, 4.69) is 4.98 Å². The third kappa shape index (κ3) is 1.97. The molecule has 1 unspecified atom stereocenters. The summed E-state index contributed by atoms with van der Waals surface area (Å²) in [6.45, 7) is 9.47. The van der Waals surface area contributed by atoms with Crippen LogP contribution >= 0.6 is 0 Å². The van der Waals surface area contributed by atoms with Crippen molar-refractivity contribution >= 4 is 0 Å². The second-order valence-electron chi connectivity index (χ2n) is 6.67. The summed E-state index contributed by atoms with van der Waals surface area (Å²) in [4.78, 5) is 4.50. The highest BCUT2D eigenvalue weighted by Crippen LogP contribution is 2.50. The highest BCUT2D eigenvalue weighted by Gasteiger charge is 2.61. The van der Waals surface area contributed by atoms with Crippen molar-refractivity contribution in [2.45, 2.75) is 58.7 Å². The predicted molar refractivity (Wildman–Crippen MR) is 86.3 cm³/mol. The molecule has 0 saturated carbocycles. The molecule has 0 aliphatic carbocycles. The molecule has 2 atom stereocenters. The zero-order chi connectivity index (χ0) is 17.0. The van der Waals surface area contributed by atoms with Gasteiger partial charge in [-0.2, -0.15) is 8.96 Å². The van der Waals surface area contributed by atoms with Gasteiger partial charge in [0.25, 0.3) is 0 Å². The maximum atomic E-state index is 16.3. The maximum absolute atomic E-state index is 16.3. The van der Waals surface area contributed by atoms with Crippen LogP contribution in [0.4, 0.5) is 8.78 Å². The highest BCUT2D eigenvalue weighted by molar-refractivity contribution is 5.67.